The minimum atomic E-state index is -3.87. The minimum Gasteiger partial charge on any atom is -0.507 e. The predicted molar refractivity (Wildman–Crippen MR) is 132 cm³/mol. The van der Waals surface area contributed by atoms with Crippen LogP contribution in [0.4, 0.5) is 17.2 Å². The molecule has 192 valence electrons. The fourth-order valence-corrected chi connectivity index (χ4v) is 4.56. The van der Waals surface area contributed by atoms with Gasteiger partial charge >= 0.3 is 5.97 Å². The van der Waals surface area contributed by atoms with Gasteiger partial charge in [0.15, 0.2) is 0 Å². The lowest BCUT2D eigenvalue weighted by Gasteiger charge is -2.27. The molecule has 4 rings (SSSR count). The number of hydrogen-bond acceptors (Lipinski definition) is 9. The molecule has 1 fully saturated rings. The second-order valence-electron chi connectivity index (χ2n) is 7.99. The number of aromatic hydroxyl groups is 1. The maximum Gasteiger partial charge on any atom is 0.339 e. The number of sulfonamides is 1. The molecule has 2 heterocycles. The number of carboxylic acids is 1. The highest BCUT2D eigenvalue weighted by atomic mass is 32.2. The molecular weight excluding hydrogens is 502 g/mol. The van der Waals surface area contributed by atoms with Gasteiger partial charge in [-0.15, -0.1) is 0 Å². The second kappa shape index (κ2) is 11.1. The van der Waals surface area contributed by atoms with Gasteiger partial charge in [0.1, 0.15) is 17.1 Å². The highest BCUT2D eigenvalue weighted by Crippen LogP contribution is 2.31. The summed E-state index contributed by atoms with van der Waals surface area (Å²) in [6.45, 7) is 1.64. The van der Waals surface area contributed by atoms with Crippen molar-refractivity contribution in [3.8, 4) is 5.75 Å². The third-order valence-electron chi connectivity index (χ3n) is 5.44. The van der Waals surface area contributed by atoms with Gasteiger partial charge in [0, 0.05) is 24.8 Å². The first-order valence-electron chi connectivity index (χ1n) is 11.1. The first kappa shape index (κ1) is 25.7. The van der Waals surface area contributed by atoms with E-state index in [0.29, 0.717) is 32.0 Å². The van der Waals surface area contributed by atoms with Gasteiger partial charge in [0.2, 0.25) is 5.91 Å². The van der Waals surface area contributed by atoms with Crippen molar-refractivity contribution in [3.63, 3.8) is 0 Å². The Morgan fingerprint density at radius 3 is 2.38 bits per heavy atom. The van der Waals surface area contributed by atoms with Gasteiger partial charge in [-0.1, -0.05) is 6.07 Å². The van der Waals surface area contributed by atoms with Gasteiger partial charge in [-0.2, -0.15) is 10.2 Å². The number of pyridine rings is 1. The number of benzene rings is 2. The van der Waals surface area contributed by atoms with Crippen LogP contribution in [0.15, 0.2) is 75.9 Å². The molecule has 0 spiro atoms. The zero-order valence-electron chi connectivity index (χ0n) is 19.4. The van der Waals surface area contributed by atoms with Crippen molar-refractivity contribution in [1.82, 2.24) is 9.88 Å². The van der Waals surface area contributed by atoms with E-state index >= 15 is 0 Å². The molecule has 1 aliphatic heterocycles. The lowest BCUT2D eigenvalue weighted by atomic mass is 10.0. The number of anilines is 1. The van der Waals surface area contributed by atoms with Crippen molar-refractivity contribution in [2.45, 2.75) is 11.3 Å². The van der Waals surface area contributed by atoms with Crippen molar-refractivity contribution in [2.75, 3.05) is 31.0 Å². The third-order valence-corrected chi connectivity index (χ3v) is 6.81. The second-order valence-corrected chi connectivity index (χ2v) is 9.67. The van der Waals surface area contributed by atoms with Crippen LogP contribution in [0, 0.1) is 0 Å². The molecule has 0 unspecified atom stereocenters. The molecule has 0 bridgehead atoms. The summed E-state index contributed by atoms with van der Waals surface area (Å²) in [5.74, 6) is -2.00. The van der Waals surface area contributed by atoms with E-state index in [0.717, 1.165) is 6.07 Å². The maximum atomic E-state index is 12.6. The Morgan fingerprint density at radius 1 is 1.03 bits per heavy atom. The van der Waals surface area contributed by atoms with Crippen molar-refractivity contribution >= 4 is 39.1 Å². The van der Waals surface area contributed by atoms with Gasteiger partial charge in [0.05, 0.1) is 35.9 Å². The summed E-state index contributed by atoms with van der Waals surface area (Å²) in [7, 11) is -3.87. The summed E-state index contributed by atoms with van der Waals surface area (Å²) in [4.78, 5) is 29.8. The average molecular weight is 526 g/mol. The largest absolute Gasteiger partial charge is 0.507 e. The molecule has 37 heavy (non-hydrogen) atoms. The van der Waals surface area contributed by atoms with Gasteiger partial charge in [-0.05, 0) is 48.5 Å². The van der Waals surface area contributed by atoms with Gasteiger partial charge in [-0.25, -0.2) is 18.2 Å². The zero-order valence-corrected chi connectivity index (χ0v) is 20.3. The maximum absolute atomic E-state index is 12.6. The lowest BCUT2D eigenvalue weighted by Crippen LogP contribution is -2.41. The van der Waals surface area contributed by atoms with E-state index in [1.807, 2.05) is 0 Å². The van der Waals surface area contributed by atoms with E-state index in [1.165, 1.54) is 42.6 Å². The fraction of sp³-hybridized carbons (Fsp3) is 0.208. The fourth-order valence-electron chi connectivity index (χ4n) is 3.55. The van der Waals surface area contributed by atoms with Crippen molar-refractivity contribution in [2.24, 2.45) is 10.2 Å². The normalized spacial score (nSPS) is 14.0. The number of phenols is 1. The highest BCUT2D eigenvalue weighted by molar-refractivity contribution is 7.92. The first-order chi connectivity index (χ1) is 17.7. The van der Waals surface area contributed by atoms with Crippen LogP contribution >= 0.6 is 0 Å². The molecule has 13 heteroatoms. The van der Waals surface area contributed by atoms with Crippen molar-refractivity contribution in [3.05, 3.63) is 71.9 Å². The molecule has 1 saturated heterocycles. The van der Waals surface area contributed by atoms with Crippen molar-refractivity contribution in [1.29, 1.82) is 0 Å². The standard InChI is InChI=1S/C24H23N5O7S/c30-22(29-9-11-36-12-10-29)14-16-13-18(15-20(23(16)31)24(32)33)27-26-17-4-6-19(7-5-17)37(34,35)28-21-3-1-2-8-25-21/h1-8,13,15,31H,9-12,14H2,(H,25,28)(H,32,33). The van der Waals surface area contributed by atoms with Crippen molar-refractivity contribution < 1.29 is 33.0 Å². The van der Waals surface area contributed by atoms with Crippen LogP contribution in [0.1, 0.15) is 15.9 Å². The quantitative estimate of drug-likeness (QED) is 0.377. The molecule has 3 N–H and O–H groups in total. The number of carbonyl (C=O) groups is 2. The number of carbonyl (C=O) groups excluding carboxylic acids is 1. The number of rotatable bonds is 8. The molecule has 1 aromatic heterocycles. The number of nitrogens with one attached hydrogen (secondary N) is 1. The molecule has 0 aliphatic carbocycles. The molecule has 1 aliphatic rings. The minimum absolute atomic E-state index is 0.0150. The van der Waals surface area contributed by atoms with E-state index in [4.69, 9.17) is 4.74 Å². The summed E-state index contributed by atoms with van der Waals surface area (Å²) in [6.07, 6.45) is 1.25. The molecule has 12 nitrogen and oxygen atoms in total. The number of aromatic carboxylic acids is 1. The van der Waals surface area contributed by atoms with Crippen LogP contribution in [-0.2, 0) is 26.0 Å². The Morgan fingerprint density at radius 2 is 1.73 bits per heavy atom. The summed E-state index contributed by atoms with van der Waals surface area (Å²) < 4.78 is 32.7. The van der Waals surface area contributed by atoms with E-state index in [1.54, 1.807) is 17.0 Å². The number of nitrogens with zero attached hydrogens (tertiary/aromatic N) is 4. The Balaban J connectivity index is 1.53. The van der Waals surface area contributed by atoms with Crippen LogP contribution < -0.4 is 4.72 Å². The van der Waals surface area contributed by atoms with Gasteiger partial charge in [-0.3, -0.25) is 9.52 Å². The van der Waals surface area contributed by atoms with Gasteiger partial charge in [0.25, 0.3) is 10.0 Å². The summed E-state index contributed by atoms with van der Waals surface area (Å²) >= 11 is 0. The predicted octanol–water partition coefficient (Wildman–Crippen LogP) is 3.10. The number of amides is 1. The highest BCUT2D eigenvalue weighted by Gasteiger charge is 2.22. The summed E-state index contributed by atoms with van der Waals surface area (Å²) in [5, 5.41) is 28.0. The lowest BCUT2D eigenvalue weighted by molar-refractivity contribution is -0.134. The summed E-state index contributed by atoms with van der Waals surface area (Å²) in [5.41, 5.74) is 0.0943. The van der Waals surface area contributed by atoms with E-state index in [2.05, 4.69) is 19.9 Å². The Bertz CT molecular complexity index is 1420. The number of hydrogen-bond donors (Lipinski definition) is 3. The molecule has 3 aromatic rings. The van der Waals surface area contributed by atoms with Crippen LogP contribution in [0.3, 0.4) is 0 Å². The van der Waals surface area contributed by atoms with E-state index in [9.17, 15) is 28.2 Å². The average Bonchev–Trinajstić information content (AvgIpc) is 2.90. The molecule has 2 aromatic carbocycles. The number of aromatic nitrogens is 1. The SMILES string of the molecule is O=C(O)c1cc(N=Nc2ccc(S(=O)(=O)Nc3ccccn3)cc2)cc(CC(=O)N2CCOCC2)c1O. The number of azo groups is 1. The molecule has 1 amide bonds. The number of carboxylic acid groups (broad SMARTS) is 1. The molecule has 0 radical (unpaired) electrons. The molecule has 0 atom stereocenters. The Kier molecular flexibility index (Phi) is 7.74. The monoisotopic (exact) mass is 525 g/mol. The summed E-state index contributed by atoms with van der Waals surface area (Å²) in [6, 6.07) is 12.9. The van der Waals surface area contributed by atoms with Crippen LogP contribution in [0.25, 0.3) is 0 Å². The van der Waals surface area contributed by atoms with Crippen LogP contribution in [0.2, 0.25) is 0 Å². The Hall–Kier alpha value is -4.36. The third kappa shape index (κ3) is 6.45. The molecular formula is C24H23N5O7S. The van der Waals surface area contributed by atoms with Gasteiger partial charge < -0.3 is 19.8 Å². The first-order valence-corrected chi connectivity index (χ1v) is 12.6. The number of morpholine rings is 1. The van der Waals surface area contributed by atoms with E-state index < -0.39 is 27.3 Å². The zero-order chi connectivity index (χ0) is 26.4. The smallest absolute Gasteiger partial charge is 0.339 e. The Labute approximate surface area is 212 Å². The molecule has 0 saturated carbocycles. The van der Waals surface area contributed by atoms with Crippen LogP contribution in [0.5, 0.6) is 5.75 Å². The topological polar surface area (TPSA) is 171 Å². The number of ether oxygens (including phenoxy) is 1. The van der Waals surface area contributed by atoms with Crippen LogP contribution in [-0.4, -0.2) is 66.7 Å². The van der Waals surface area contributed by atoms with E-state index in [-0.39, 0.29) is 34.3 Å².